The molecule has 92 valence electrons. The van der Waals surface area contributed by atoms with Gasteiger partial charge in [-0.15, -0.1) is 0 Å². The van der Waals surface area contributed by atoms with Crippen molar-refractivity contribution in [2.45, 2.75) is 31.9 Å². The molecule has 0 bridgehead atoms. The van der Waals surface area contributed by atoms with E-state index in [2.05, 4.69) is 4.90 Å². The SMILES string of the molecule is Cc1cc(CN2CC3(CCCO3)C2)ccc1F. The van der Waals surface area contributed by atoms with Crippen LogP contribution in [-0.4, -0.2) is 30.2 Å². The Balaban J connectivity index is 1.60. The van der Waals surface area contributed by atoms with Crippen LogP contribution in [0.2, 0.25) is 0 Å². The molecule has 0 amide bonds. The molecule has 3 rings (SSSR count). The Morgan fingerprint density at radius 2 is 2.24 bits per heavy atom. The van der Waals surface area contributed by atoms with Gasteiger partial charge >= 0.3 is 0 Å². The molecule has 0 aromatic heterocycles. The third kappa shape index (κ3) is 2.09. The van der Waals surface area contributed by atoms with E-state index >= 15 is 0 Å². The van der Waals surface area contributed by atoms with Gasteiger partial charge in [-0.3, -0.25) is 4.90 Å². The zero-order valence-electron chi connectivity index (χ0n) is 10.2. The fraction of sp³-hybridized carbons (Fsp3) is 0.571. The first-order valence-corrected chi connectivity index (χ1v) is 6.28. The Kier molecular flexibility index (Phi) is 2.68. The van der Waals surface area contributed by atoms with Crippen molar-refractivity contribution in [2.75, 3.05) is 19.7 Å². The lowest BCUT2D eigenvalue weighted by atomic mass is 9.90. The standard InChI is InChI=1S/C14H18FNO/c1-11-7-12(3-4-13(11)15)8-16-9-14(10-16)5-2-6-17-14/h3-4,7H,2,5-6,8-10H2,1H3. The number of aryl methyl sites for hydroxylation is 1. The maximum Gasteiger partial charge on any atom is 0.126 e. The summed E-state index contributed by atoms with van der Waals surface area (Å²) in [6.07, 6.45) is 2.40. The minimum Gasteiger partial charge on any atom is -0.372 e. The number of hydrogen-bond donors (Lipinski definition) is 0. The van der Waals surface area contributed by atoms with Crippen molar-refractivity contribution in [2.24, 2.45) is 0 Å². The van der Waals surface area contributed by atoms with Gasteiger partial charge in [-0.25, -0.2) is 4.39 Å². The van der Waals surface area contributed by atoms with E-state index in [9.17, 15) is 4.39 Å². The van der Waals surface area contributed by atoms with Gasteiger partial charge < -0.3 is 4.74 Å². The molecule has 2 aliphatic heterocycles. The predicted octanol–water partition coefficient (Wildman–Crippen LogP) is 2.50. The lowest BCUT2D eigenvalue weighted by molar-refractivity contribution is -0.114. The molecule has 0 saturated carbocycles. The lowest BCUT2D eigenvalue weighted by Crippen LogP contribution is -2.60. The zero-order chi connectivity index (χ0) is 11.9. The van der Waals surface area contributed by atoms with Crippen LogP contribution >= 0.6 is 0 Å². The van der Waals surface area contributed by atoms with Crippen LogP contribution in [0.15, 0.2) is 18.2 Å². The Bertz CT molecular complexity index is 418. The molecule has 2 aliphatic rings. The molecule has 2 nitrogen and oxygen atoms in total. The minimum absolute atomic E-state index is 0.118. The number of rotatable bonds is 2. The van der Waals surface area contributed by atoms with Crippen molar-refractivity contribution < 1.29 is 9.13 Å². The van der Waals surface area contributed by atoms with Gasteiger partial charge in [-0.1, -0.05) is 12.1 Å². The highest BCUT2D eigenvalue weighted by Crippen LogP contribution is 2.35. The third-order valence-electron chi connectivity index (χ3n) is 3.84. The van der Waals surface area contributed by atoms with Crippen molar-refractivity contribution >= 4 is 0 Å². The number of nitrogens with zero attached hydrogens (tertiary/aromatic N) is 1. The molecule has 0 aliphatic carbocycles. The van der Waals surface area contributed by atoms with Crippen LogP contribution in [0.1, 0.15) is 24.0 Å². The van der Waals surface area contributed by atoms with Gasteiger partial charge in [0.25, 0.3) is 0 Å². The molecule has 1 spiro atoms. The van der Waals surface area contributed by atoms with Gasteiger partial charge in [0.1, 0.15) is 5.82 Å². The second-order valence-electron chi connectivity index (χ2n) is 5.36. The molecular weight excluding hydrogens is 217 g/mol. The number of ether oxygens (including phenoxy) is 1. The first-order chi connectivity index (χ1) is 8.17. The van der Waals surface area contributed by atoms with Crippen molar-refractivity contribution in [1.82, 2.24) is 4.90 Å². The van der Waals surface area contributed by atoms with Crippen LogP contribution in [0.5, 0.6) is 0 Å². The van der Waals surface area contributed by atoms with Crippen LogP contribution in [0.3, 0.4) is 0 Å². The number of likely N-dealkylation sites (tertiary alicyclic amines) is 1. The molecule has 1 aromatic carbocycles. The zero-order valence-corrected chi connectivity index (χ0v) is 10.2. The highest BCUT2D eigenvalue weighted by molar-refractivity contribution is 5.24. The normalized spacial score (nSPS) is 22.9. The Morgan fingerprint density at radius 1 is 1.41 bits per heavy atom. The summed E-state index contributed by atoms with van der Waals surface area (Å²) >= 11 is 0. The van der Waals surface area contributed by atoms with Gasteiger partial charge in [0.15, 0.2) is 0 Å². The number of halogens is 1. The summed E-state index contributed by atoms with van der Waals surface area (Å²) in [7, 11) is 0. The van der Waals surface area contributed by atoms with Gasteiger partial charge in [0, 0.05) is 26.2 Å². The second-order valence-corrected chi connectivity index (χ2v) is 5.36. The number of hydrogen-bond acceptors (Lipinski definition) is 2. The fourth-order valence-corrected chi connectivity index (χ4v) is 2.95. The van der Waals surface area contributed by atoms with Crippen LogP contribution in [0, 0.1) is 12.7 Å². The largest absolute Gasteiger partial charge is 0.372 e. The van der Waals surface area contributed by atoms with Gasteiger partial charge in [0.2, 0.25) is 0 Å². The molecule has 2 fully saturated rings. The van der Waals surface area contributed by atoms with E-state index in [1.165, 1.54) is 18.4 Å². The van der Waals surface area contributed by atoms with Crippen molar-refractivity contribution in [3.63, 3.8) is 0 Å². The highest BCUT2D eigenvalue weighted by atomic mass is 19.1. The first-order valence-electron chi connectivity index (χ1n) is 6.28. The average molecular weight is 235 g/mol. The quantitative estimate of drug-likeness (QED) is 0.781. The van der Waals surface area contributed by atoms with Gasteiger partial charge in [-0.05, 0) is 37.0 Å². The van der Waals surface area contributed by atoms with Crippen LogP contribution in [0.25, 0.3) is 0 Å². The second kappa shape index (κ2) is 4.07. The highest BCUT2D eigenvalue weighted by Gasteiger charge is 2.45. The van der Waals surface area contributed by atoms with Crippen molar-refractivity contribution in [3.8, 4) is 0 Å². The molecule has 0 radical (unpaired) electrons. The molecule has 0 atom stereocenters. The van der Waals surface area contributed by atoms with E-state index in [1.54, 1.807) is 6.07 Å². The predicted molar refractivity (Wildman–Crippen MR) is 64.3 cm³/mol. The van der Waals surface area contributed by atoms with Crippen LogP contribution < -0.4 is 0 Å². The minimum atomic E-state index is -0.118. The van der Waals surface area contributed by atoms with Crippen LogP contribution in [0.4, 0.5) is 4.39 Å². The van der Waals surface area contributed by atoms with Gasteiger partial charge in [-0.2, -0.15) is 0 Å². The average Bonchev–Trinajstić information content (AvgIpc) is 2.72. The van der Waals surface area contributed by atoms with Gasteiger partial charge in [0.05, 0.1) is 5.60 Å². The maximum absolute atomic E-state index is 13.1. The summed E-state index contributed by atoms with van der Waals surface area (Å²) in [5.41, 5.74) is 2.08. The summed E-state index contributed by atoms with van der Waals surface area (Å²) in [6.45, 7) is 5.71. The van der Waals surface area contributed by atoms with E-state index in [0.717, 1.165) is 31.8 Å². The summed E-state index contributed by atoms with van der Waals surface area (Å²) < 4.78 is 18.9. The lowest BCUT2D eigenvalue weighted by Gasteiger charge is -2.47. The van der Waals surface area contributed by atoms with E-state index < -0.39 is 0 Å². The van der Waals surface area contributed by atoms with E-state index in [1.807, 2.05) is 19.1 Å². The van der Waals surface area contributed by atoms with Crippen molar-refractivity contribution in [1.29, 1.82) is 0 Å². The monoisotopic (exact) mass is 235 g/mol. The summed E-state index contributed by atoms with van der Waals surface area (Å²) in [5.74, 6) is -0.118. The summed E-state index contributed by atoms with van der Waals surface area (Å²) in [6, 6.07) is 5.38. The molecule has 17 heavy (non-hydrogen) atoms. The molecule has 0 unspecified atom stereocenters. The van der Waals surface area contributed by atoms with E-state index in [4.69, 9.17) is 4.74 Å². The maximum atomic E-state index is 13.1. The first kappa shape index (κ1) is 11.2. The summed E-state index contributed by atoms with van der Waals surface area (Å²) in [5, 5.41) is 0. The molecule has 0 N–H and O–H groups in total. The number of benzene rings is 1. The summed E-state index contributed by atoms with van der Waals surface area (Å²) in [4.78, 5) is 2.37. The molecule has 3 heteroatoms. The van der Waals surface area contributed by atoms with Crippen LogP contribution in [-0.2, 0) is 11.3 Å². The fourth-order valence-electron chi connectivity index (χ4n) is 2.95. The van der Waals surface area contributed by atoms with E-state index in [0.29, 0.717) is 0 Å². The smallest absolute Gasteiger partial charge is 0.126 e. The molecule has 2 heterocycles. The Labute approximate surface area is 101 Å². The molecule has 2 saturated heterocycles. The Morgan fingerprint density at radius 3 is 2.88 bits per heavy atom. The molecule has 1 aromatic rings. The molecular formula is C14H18FNO. The van der Waals surface area contributed by atoms with Crippen molar-refractivity contribution in [3.05, 3.63) is 35.1 Å². The third-order valence-corrected chi connectivity index (χ3v) is 3.84. The van der Waals surface area contributed by atoms with E-state index in [-0.39, 0.29) is 11.4 Å². The topological polar surface area (TPSA) is 12.5 Å². The Hall–Kier alpha value is -0.930.